The highest BCUT2D eigenvalue weighted by molar-refractivity contribution is 5.98. The summed E-state index contributed by atoms with van der Waals surface area (Å²) in [5.74, 6) is 0.464. The molecule has 1 saturated heterocycles. The van der Waals surface area contributed by atoms with Crippen molar-refractivity contribution in [2.75, 3.05) is 53.6 Å². The fourth-order valence-electron chi connectivity index (χ4n) is 3.15. The molecule has 0 aliphatic carbocycles. The molecule has 2 amide bonds. The minimum Gasteiger partial charge on any atom is -0.497 e. The van der Waals surface area contributed by atoms with Crippen molar-refractivity contribution < 1.29 is 23.8 Å². The van der Waals surface area contributed by atoms with Gasteiger partial charge in [0.1, 0.15) is 17.5 Å². The molecule has 0 spiro atoms. The smallest absolute Gasteiger partial charge is 0.252 e. The topological polar surface area (TPSA) is 89.1 Å². The Morgan fingerprint density at radius 3 is 2.28 bits per heavy atom. The van der Waals surface area contributed by atoms with Gasteiger partial charge in [0.2, 0.25) is 5.91 Å². The molecule has 0 bridgehead atoms. The van der Waals surface area contributed by atoms with Crippen LogP contribution in [0.2, 0.25) is 0 Å². The molecule has 1 aromatic carbocycles. The molecule has 1 atom stereocenters. The van der Waals surface area contributed by atoms with Crippen LogP contribution in [0.1, 0.15) is 30.6 Å². The first-order valence-electron chi connectivity index (χ1n) is 10.1. The zero-order chi connectivity index (χ0) is 21.2. The maximum atomic E-state index is 12.7. The van der Waals surface area contributed by atoms with Crippen LogP contribution in [0.25, 0.3) is 0 Å². The van der Waals surface area contributed by atoms with E-state index in [0.29, 0.717) is 23.6 Å². The van der Waals surface area contributed by atoms with Gasteiger partial charge in [-0.15, -0.1) is 0 Å². The number of nitrogens with zero attached hydrogens (tertiary/aromatic N) is 1. The summed E-state index contributed by atoms with van der Waals surface area (Å²) in [5.41, 5.74) is 0.381. The highest BCUT2D eigenvalue weighted by Crippen LogP contribution is 2.22. The lowest BCUT2D eigenvalue weighted by atomic mass is 10.0. The number of rotatable bonds is 10. The Morgan fingerprint density at radius 2 is 1.72 bits per heavy atom. The lowest BCUT2D eigenvalue weighted by molar-refractivity contribution is -0.123. The van der Waals surface area contributed by atoms with Crippen molar-refractivity contribution in [1.82, 2.24) is 15.5 Å². The first-order chi connectivity index (χ1) is 13.9. The molecule has 0 saturated carbocycles. The monoisotopic (exact) mass is 407 g/mol. The lowest BCUT2D eigenvalue weighted by Crippen LogP contribution is -2.50. The molecule has 1 aromatic rings. The van der Waals surface area contributed by atoms with Crippen LogP contribution in [-0.4, -0.2) is 76.4 Å². The lowest BCUT2D eigenvalue weighted by Gasteiger charge is -2.26. The number of ether oxygens (including phenoxy) is 3. The molecule has 1 unspecified atom stereocenters. The van der Waals surface area contributed by atoms with E-state index in [1.165, 1.54) is 14.2 Å². The normalized spacial score (nSPS) is 15.6. The molecule has 8 nitrogen and oxygen atoms in total. The number of amides is 2. The second kappa shape index (κ2) is 11.6. The largest absolute Gasteiger partial charge is 0.497 e. The number of hydrogen-bond acceptors (Lipinski definition) is 6. The van der Waals surface area contributed by atoms with E-state index in [1.54, 1.807) is 18.2 Å². The van der Waals surface area contributed by atoms with Gasteiger partial charge in [0.25, 0.3) is 5.91 Å². The second-order valence-electron chi connectivity index (χ2n) is 7.40. The third-order valence-electron chi connectivity index (χ3n) is 4.90. The Balaban J connectivity index is 1.89. The fourth-order valence-corrected chi connectivity index (χ4v) is 3.15. The van der Waals surface area contributed by atoms with Gasteiger partial charge in [-0.3, -0.25) is 14.5 Å². The van der Waals surface area contributed by atoms with Crippen molar-refractivity contribution in [1.29, 1.82) is 0 Å². The van der Waals surface area contributed by atoms with Gasteiger partial charge < -0.3 is 24.8 Å². The minimum atomic E-state index is -0.622. The van der Waals surface area contributed by atoms with Crippen LogP contribution in [0, 0.1) is 5.92 Å². The number of carbonyl (C=O) groups is 2. The van der Waals surface area contributed by atoms with E-state index in [1.807, 2.05) is 13.8 Å². The Hall–Kier alpha value is -2.32. The molecule has 1 heterocycles. The van der Waals surface area contributed by atoms with Gasteiger partial charge in [0.05, 0.1) is 27.4 Å². The number of morpholine rings is 1. The number of hydrogen-bond donors (Lipinski definition) is 2. The molecule has 2 N–H and O–H groups in total. The number of carbonyl (C=O) groups excluding carboxylic acids is 2. The average Bonchev–Trinajstić information content (AvgIpc) is 2.74. The summed E-state index contributed by atoms with van der Waals surface area (Å²) in [7, 11) is 3.05. The zero-order valence-corrected chi connectivity index (χ0v) is 17.8. The number of benzene rings is 1. The second-order valence-corrected chi connectivity index (χ2v) is 7.40. The SMILES string of the molecule is COc1cc(OC)cc(C(=O)NC(C(=O)NCCCN2CCOCC2)C(C)C)c1. The van der Waals surface area contributed by atoms with Crippen molar-refractivity contribution in [3.8, 4) is 11.5 Å². The summed E-state index contributed by atoms with van der Waals surface area (Å²) in [6.07, 6.45) is 0.859. The quantitative estimate of drug-likeness (QED) is 0.569. The highest BCUT2D eigenvalue weighted by Gasteiger charge is 2.25. The van der Waals surface area contributed by atoms with Crippen LogP contribution in [-0.2, 0) is 9.53 Å². The molecule has 0 aromatic heterocycles. The van der Waals surface area contributed by atoms with Gasteiger partial charge >= 0.3 is 0 Å². The van der Waals surface area contributed by atoms with Crippen molar-refractivity contribution >= 4 is 11.8 Å². The first-order valence-corrected chi connectivity index (χ1v) is 10.1. The van der Waals surface area contributed by atoms with Crippen LogP contribution >= 0.6 is 0 Å². The predicted octanol–water partition coefficient (Wildman–Crippen LogP) is 1.30. The molecule has 1 aliphatic heterocycles. The molecule has 1 aliphatic rings. The Bertz CT molecular complexity index is 652. The fraction of sp³-hybridized carbons (Fsp3) is 0.619. The molecule has 0 radical (unpaired) electrons. The summed E-state index contributed by atoms with van der Waals surface area (Å²) in [5, 5.41) is 5.78. The van der Waals surface area contributed by atoms with E-state index in [-0.39, 0.29) is 17.7 Å². The first kappa shape index (κ1) is 23.0. The third kappa shape index (κ3) is 7.21. The van der Waals surface area contributed by atoms with Crippen LogP contribution in [0.15, 0.2) is 18.2 Å². The third-order valence-corrected chi connectivity index (χ3v) is 4.90. The van der Waals surface area contributed by atoms with E-state index < -0.39 is 6.04 Å². The van der Waals surface area contributed by atoms with Gasteiger partial charge in [-0.1, -0.05) is 13.8 Å². The number of nitrogens with one attached hydrogen (secondary N) is 2. The zero-order valence-electron chi connectivity index (χ0n) is 17.8. The predicted molar refractivity (Wildman–Crippen MR) is 111 cm³/mol. The van der Waals surface area contributed by atoms with E-state index >= 15 is 0 Å². The summed E-state index contributed by atoms with van der Waals surface area (Å²) < 4.78 is 15.8. The number of methoxy groups -OCH3 is 2. The van der Waals surface area contributed by atoms with E-state index in [4.69, 9.17) is 14.2 Å². The van der Waals surface area contributed by atoms with Crippen LogP contribution in [0.4, 0.5) is 0 Å². The minimum absolute atomic E-state index is 0.0503. The Morgan fingerprint density at radius 1 is 1.10 bits per heavy atom. The van der Waals surface area contributed by atoms with Crippen molar-refractivity contribution in [3.05, 3.63) is 23.8 Å². The maximum Gasteiger partial charge on any atom is 0.252 e. The maximum absolute atomic E-state index is 12.7. The molecular formula is C21H33N3O5. The molecule has 1 fully saturated rings. The summed E-state index contributed by atoms with van der Waals surface area (Å²) in [6.45, 7) is 8.71. The van der Waals surface area contributed by atoms with E-state index in [2.05, 4.69) is 15.5 Å². The van der Waals surface area contributed by atoms with E-state index in [9.17, 15) is 9.59 Å². The standard InChI is InChI=1S/C21H33N3O5/c1-15(2)19(21(26)22-6-5-7-24-8-10-29-11-9-24)23-20(25)16-12-17(27-3)14-18(13-16)28-4/h12-15,19H,5-11H2,1-4H3,(H,22,26)(H,23,25). The van der Waals surface area contributed by atoms with Crippen LogP contribution in [0.3, 0.4) is 0 Å². The van der Waals surface area contributed by atoms with Gasteiger partial charge in [-0.2, -0.15) is 0 Å². The molecule has 8 heteroatoms. The summed E-state index contributed by atoms with van der Waals surface area (Å²) >= 11 is 0. The van der Waals surface area contributed by atoms with Crippen molar-refractivity contribution in [2.24, 2.45) is 5.92 Å². The highest BCUT2D eigenvalue weighted by atomic mass is 16.5. The molecule has 162 valence electrons. The van der Waals surface area contributed by atoms with Gasteiger partial charge in [0, 0.05) is 31.3 Å². The van der Waals surface area contributed by atoms with E-state index in [0.717, 1.165) is 39.3 Å². The van der Waals surface area contributed by atoms with Crippen LogP contribution in [0.5, 0.6) is 11.5 Å². The summed E-state index contributed by atoms with van der Waals surface area (Å²) in [4.78, 5) is 27.7. The Labute approximate surface area is 172 Å². The summed E-state index contributed by atoms with van der Waals surface area (Å²) in [6, 6.07) is 4.31. The molecule has 29 heavy (non-hydrogen) atoms. The average molecular weight is 408 g/mol. The van der Waals surface area contributed by atoms with Crippen molar-refractivity contribution in [2.45, 2.75) is 26.3 Å². The van der Waals surface area contributed by atoms with Gasteiger partial charge in [-0.25, -0.2) is 0 Å². The molecule has 2 rings (SSSR count). The Kier molecular flexibility index (Phi) is 9.21. The van der Waals surface area contributed by atoms with Crippen molar-refractivity contribution in [3.63, 3.8) is 0 Å². The van der Waals surface area contributed by atoms with Gasteiger partial charge in [0.15, 0.2) is 0 Å². The van der Waals surface area contributed by atoms with Gasteiger partial charge in [-0.05, 0) is 31.0 Å². The van der Waals surface area contributed by atoms with Crippen LogP contribution < -0.4 is 20.1 Å². The molecular weight excluding hydrogens is 374 g/mol.